The molecule has 1 saturated heterocycles. The molecule has 0 bridgehead atoms. The molecule has 0 aliphatic carbocycles. The lowest BCUT2D eigenvalue weighted by Gasteiger charge is -2.35. The van der Waals surface area contributed by atoms with Crippen LogP contribution in [0.4, 0.5) is 13.2 Å². The summed E-state index contributed by atoms with van der Waals surface area (Å²) >= 11 is 1.09. The number of piperidine rings is 1. The Morgan fingerprint density at radius 3 is 2.93 bits per heavy atom. The summed E-state index contributed by atoms with van der Waals surface area (Å²) < 4.78 is 43.6. The molecule has 2 aromatic rings. The van der Waals surface area contributed by atoms with Crippen LogP contribution in [0.3, 0.4) is 0 Å². The molecular weight excluding hydrogens is 393 g/mol. The summed E-state index contributed by atoms with van der Waals surface area (Å²) in [5.41, 5.74) is 5.99. The molecule has 1 aliphatic rings. The SMILES string of the molecule is COc1cccc(C(O)CNC2CC(c3cc(C(F)(F)F)cs3)NCC2N)n1. The third-order valence-electron chi connectivity index (χ3n) is 4.77. The molecule has 28 heavy (non-hydrogen) atoms. The third-order valence-corrected chi connectivity index (χ3v) is 5.81. The molecule has 3 rings (SSSR count). The molecule has 4 atom stereocenters. The number of aliphatic hydroxyl groups is 1. The Labute approximate surface area is 164 Å². The van der Waals surface area contributed by atoms with Gasteiger partial charge in [0.15, 0.2) is 0 Å². The van der Waals surface area contributed by atoms with E-state index < -0.39 is 17.8 Å². The second kappa shape index (κ2) is 8.75. The monoisotopic (exact) mass is 416 g/mol. The number of methoxy groups -OCH3 is 1. The van der Waals surface area contributed by atoms with Crippen LogP contribution in [0.1, 0.15) is 34.7 Å². The van der Waals surface area contributed by atoms with Gasteiger partial charge in [0.25, 0.3) is 0 Å². The number of nitrogens with zero attached hydrogens (tertiary/aromatic N) is 1. The van der Waals surface area contributed by atoms with Gasteiger partial charge in [-0.25, -0.2) is 4.98 Å². The van der Waals surface area contributed by atoms with Crippen molar-refractivity contribution in [1.29, 1.82) is 0 Å². The van der Waals surface area contributed by atoms with E-state index in [1.807, 2.05) is 0 Å². The van der Waals surface area contributed by atoms with Gasteiger partial charge in [-0.2, -0.15) is 13.2 Å². The Kier molecular flexibility index (Phi) is 6.56. The van der Waals surface area contributed by atoms with E-state index in [9.17, 15) is 18.3 Å². The summed E-state index contributed by atoms with van der Waals surface area (Å²) in [6.45, 7) is 0.693. The lowest BCUT2D eigenvalue weighted by molar-refractivity contribution is -0.137. The maximum atomic E-state index is 12.8. The first-order valence-electron chi connectivity index (χ1n) is 8.85. The van der Waals surface area contributed by atoms with Crippen LogP contribution in [0.2, 0.25) is 0 Å². The number of pyridine rings is 1. The maximum absolute atomic E-state index is 12.8. The minimum absolute atomic E-state index is 0.150. The lowest BCUT2D eigenvalue weighted by Crippen LogP contribution is -2.56. The van der Waals surface area contributed by atoms with Crippen LogP contribution < -0.4 is 21.1 Å². The molecule has 5 N–H and O–H groups in total. The van der Waals surface area contributed by atoms with Crippen molar-refractivity contribution in [2.24, 2.45) is 5.73 Å². The lowest BCUT2D eigenvalue weighted by atomic mass is 9.94. The highest BCUT2D eigenvalue weighted by molar-refractivity contribution is 7.10. The Bertz CT molecular complexity index is 786. The fraction of sp³-hybridized carbons (Fsp3) is 0.500. The second-order valence-electron chi connectivity index (χ2n) is 6.73. The standard InChI is InChI=1S/C18H23F3N4O2S/c1-27-17-4-2-3-12(25-17)15(26)8-24-13-6-14(23-7-11(13)22)16-5-10(9-28-16)18(19,20)21/h2-5,9,11,13-15,23-24,26H,6-8,22H2,1H3. The third kappa shape index (κ3) is 5.00. The van der Waals surface area contributed by atoms with Gasteiger partial charge in [0.05, 0.1) is 18.4 Å². The van der Waals surface area contributed by atoms with Crippen molar-refractivity contribution in [2.45, 2.75) is 36.8 Å². The van der Waals surface area contributed by atoms with Gasteiger partial charge in [-0.1, -0.05) is 6.07 Å². The average Bonchev–Trinajstić information content (AvgIpc) is 3.18. The molecule has 1 fully saturated rings. The number of nitrogens with one attached hydrogen (secondary N) is 2. The molecule has 0 radical (unpaired) electrons. The molecular formula is C18H23F3N4O2S. The summed E-state index contributed by atoms with van der Waals surface area (Å²) in [6, 6.07) is 5.73. The quantitative estimate of drug-likeness (QED) is 0.577. The van der Waals surface area contributed by atoms with Gasteiger partial charge in [-0.15, -0.1) is 11.3 Å². The first-order valence-corrected chi connectivity index (χ1v) is 9.73. The van der Waals surface area contributed by atoms with Crippen LogP contribution >= 0.6 is 11.3 Å². The largest absolute Gasteiger partial charge is 0.481 e. The highest BCUT2D eigenvalue weighted by Gasteiger charge is 2.34. The van der Waals surface area contributed by atoms with Crippen LogP contribution in [0, 0.1) is 0 Å². The van der Waals surface area contributed by atoms with Crippen molar-refractivity contribution < 1.29 is 23.0 Å². The Balaban J connectivity index is 1.61. The first-order chi connectivity index (χ1) is 13.3. The van der Waals surface area contributed by atoms with E-state index in [-0.39, 0.29) is 24.7 Å². The van der Waals surface area contributed by atoms with Crippen molar-refractivity contribution >= 4 is 11.3 Å². The fourth-order valence-electron chi connectivity index (χ4n) is 3.17. The number of nitrogens with two attached hydrogens (primary N) is 1. The zero-order valence-electron chi connectivity index (χ0n) is 15.2. The molecule has 2 aromatic heterocycles. The molecule has 0 aromatic carbocycles. The van der Waals surface area contributed by atoms with Crippen LogP contribution in [-0.2, 0) is 6.18 Å². The average molecular weight is 416 g/mol. The smallest absolute Gasteiger partial charge is 0.417 e. The summed E-state index contributed by atoms with van der Waals surface area (Å²) in [5.74, 6) is 0.411. The van der Waals surface area contributed by atoms with Crippen LogP contribution in [-0.4, -0.2) is 42.4 Å². The molecule has 0 amide bonds. The van der Waals surface area contributed by atoms with Crippen molar-refractivity contribution in [1.82, 2.24) is 15.6 Å². The predicted molar refractivity (Wildman–Crippen MR) is 100 cm³/mol. The number of aromatic nitrogens is 1. The summed E-state index contributed by atoms with van der Waals surface area (Å²) in [6.07, 6.45) is -4.67. The van der Waals surface area contributed by atoms with Crippen molar-refractivity contribution in [3.63, 3.8) is 0 Å². The minimum atomic E-state index is -4.34. The number of ether oxygens (including phenoxy) is 1. The molecule has 4 unspecified atom stereocenters. The van der Waals surface area contributed by atoms with Gasteiger partial charge in [0, 0.05) is 47.5 Å². The first kappa shape index (κ1) is 21.0. The highest BCUT2D eigenvalue weighted by Crippen LogP contribution is 2.36. The number of aliphatic hydroxyl groups excluding tert-OH is 1. The summed E-state index contributed by atoms with van der Waals surface area (Å²) in [4.78, 5) is 4.83. The van der Waals surface area contributed by atoms with Gasteiger partial charge in [-0.3, -0.25) is 0 Å². The fourth-order valence-corrected chi connectivity index (χ4v) is 4.17. The Morgan fingerprint density at radius 2 is 2.25 bits per heavy atom. The van der Waals surface area contributed by atoms with Gasteiger partial charge in [0.2, 0.25) is 5.88 Å². The van der Waals surface area contributed by atoms with E-state index in [0.717, 1.165) is 16.7 Å². The number of halogens is 3. The van der Waals surface area contributed by atoms with Gasteiger partial charge in [-0.05, 0) is 18.6 Å². The molecule has 0 spiro atoms. The number of hydrogen-bond donors (Lipinski definition) is 4. The van der Waals surface area contributed by atoms with Crippen LogP contribution in [0.25, 0.3) is 0 Å². The van der Waals surface area contributed by atoms with Gasteiger partial charge >= 0.3 is 6.18 Å². The number of thiophene rings is 1. The van der Waals surface area contributed by atoms with E-state index in [0.29, 0.717) is 29.4 Å². The van der Waals surface area contributed by atoms with E-state index in [4.69, 9.17) is 10.5 Å². The topological polar surface area (TPSA) is 92.4 Å². The van der Waals surface area contributed by atoms with Gasteiger partial charge in [0.1, 0.15) is 6.10 Å². The zero-order chi connectivity index (χ0) is 20.3. The summed E-state index contributed by atoms with van der Waals surface area (Å²) in [5, 5.41) is 17.9. The predicted octanol–water partition coefficient (Wildman–Crippen LogP) is 2.22. The highest BCUT2D eigenvalue weighted by atomic mass is 32.1. The Hall–Kier alpha value is -1.72. The normalized spacial score (nSPS) is 24.1. The van der Waals surface area contributed by atoms with E-state index in [2.05, 4.69) is 15.6 Å². The maximum Gasteiger partial charge on any atom is 0.417 e. The van der Waals surface area contributed by atoms with Crippen LogP contribution in [0.5, 0.6) is 5.88 Å². The number of alkyl halides is 3. The van der Waals surface area contributed by atoms with E-state index in [1.54, 1.807) is 18.2 Å². The molecule has 154 valence electrons. The molecule has 10 heteroatoms. The van der Waals surface area contributed by atoms with E-state index in [1.165, 1.54) is 13.2 Å². The molecule has 1 aliphatic heterocycles. The van der Waals surface area contributed by atoms with Crippen LogP contribution in [0.15, 0.2) is 29.6 Å². The number of hydrogen-bond acceptors (Lipinski definition) is 7. The summed E-state index contributed by atoms with van der Waals surface area (Å²) in [7, 11) is 1.50. The second-order valence-corrected chi connectivity index (χ2v) is 7.67. The van der Waals surface area contributed by atoms with Crippen molar-refractivity contribution in [2.75, 3.05) is 20.2 Å². The van der Waals surface area contributed by atoms with Crippen molar-refractivity contribution in [3.8, 4) is 5.88 Å². The molecule has 0 saturated carbocycles. The molecule has 3 heterocycles. The minimum Gasteiger partial charge on any atom is -0.481 e. The Morgan fingerprint density at radius 1 is 1.46 bits per heavy atom. The van der Waals surface area contributed by atoms with Crippen molar-refractivity contribution in [3.05, 3.63) is 45.8 Å². The molecule has 6 nitrogen and oxygen atoms in total. The van der Waals surface area contributed by atoms with Gasteiger partial charge < -0.3 is 26.2 Å². The zero-order valence-corrected chi connectivity index (χ0v) is 16.1. The number of rotatable bonds is 6. The van der Waals surface area contributed by atoms with E-state index >= 15 is 0 Å².